The molecule has 0 aliphatic rings. The van der Waals surface area contributed by atoms with Crippen LogP contribution in [0, 0.1) is 13.8 Å². The normalized spacial score (nSPS) is 11.8. The van der Waals surface area contributed by atoms with Gasteiger partial charge in [0.1, 0.15) is 4.21 Å². The number of halogens is 1. The highest BCUT2D eigenvalue weighted by Crippen LogP contribution is 2.32. The van der Waals surface area contributed by atoms with Gasteiger partial charge in [0, 0.05) is 7.05 Å². The van der Waals surface area contributed by atoms with Crippen LogP contribution >= 0.6 is 22.9 Å². The quantitative estimate of drug-likeness (QED) is 0.906. The largest absolute Gasteiger partial charge is 0.394 e. The number of aromatic nitrogens is 2. The summed E-state index contributed by atoms with van der Waals surface area (Å²) in [6.07, 6.45) is 0. The van der Waals surface area contributed by atoms with Gasteiger partial charge >= 0.3 is 0 Å². The standard InChI is InChI=1S/C10H13ClN4O2S2/c1-5-4-7(18-9(5)11)19(16,17)14-10-8(12)6(2)13-15(10)3/h4,14H,12H2,1-3H3. The maximum absolute atomic E-state index is 12.2. The SMILES string of the molecule is Cc1cc(S(=O)(=O)Nc2c(N)c(C)nn2C)sc1Cl. The second kappa shape index (κ2) is 4.69. The zero-order chi connectivity index (χ0) is 14.4. The van der Waals surface area contributed by atoms with Crippen LogP contribution in [0.25, 0.3) is 0 Å². The van der Waals surface area contributed by atoms with Crippen LogP contribution in [0.3, 0.4) is 0 Å². The van der Waals surface area contributed by atoms with Gasteiger partial charge in [0.15, 0.2) is 5.82 Å². The van der Waals surface area contributed by atoms with Crippen molar-refractivity contribution in [1.29, 1.82) is 0 Å². The van der Waals surface area contributed by atoms with E-state index in [0.29, 0.717) is 15.7 Å². The molecule has 0 aliphatic heterocycles. The first kappa shape index (κ1) is 14.2. The average Bonchev–Trinajstić information content (AvgIpc) is 2.76. The number of nitrogens with zero attached hydrogens (tertiary/aromatic N) is 2. The highest BCUT2D eigenvalue weighted by molar-refractivity contribution is 7.94. The van der Waals surface area contributed by atoms with Gasteiger partial charge in [-0.25, -0.2) is 13.1 Å². The van der Waals surface area contributed by atoms with E-state index >= 15 is 0 Å². The number of thiophene rings is 1. The first-order valence-electron chi connectivity index (χ1n) is 5.30. The van der Waals surface area contributed by atoms with Crippen molar-refractivity contribution in [2.24, 2.45) is 7.05 Å². The third-order valence-corrected chi connectivity index (χ3v) is 5.97. The summed E-state index contributed by atoms with van der Waals surface area (Å²) in [7, 11) is -2.08. The van der Waals surface area contributed by atoms with Gasteiger partial charge < -0.3 is 5.73 Å². The molecule has 6 nitrogen and oxygen atoms in total. The molecule has 0 radical (unpaired) electrons. The zero-order valence-corrected chi connectivity index (χ0v) is 12.9. The molecule has 104 valence electrons. The molecule has 0 aliphatic carbocycles. The number of nitrogens with one attached hydrogen (secondary N) is 1. The molecule has 0 atom stereocenters. The highest BCUT2D eigenvalue weighted by atomic mass is 35.5. The monoisotopic (exact) mass is 320 g/mol. The maximum Gasteiger partial charge on any atom is 0.272 e. The number of nitrogen functional groups attached to an aromatic ring is 1. The fraction of sp³-hybridized carbons (Fsp3) is 0.300. The number of hydrogen-bond donors (Lipinski definition) is 2. The minimum absolute atomic E-state index is 0.147. The third-order valence-electron chi connectivity index (χ3n) is 2.60. The summed E-state index contributed by atoms with van der Waals surface area (Å²) in [4.78, 5) is 0. The van der Waals surface area contributed by atoms with Gasteiger partial charge in [-0.05, 0) is 25.5 Å². The lowest BCUT2D eigenvalue weighted by Crippen LogP contribution is -2.15. The molecule has 9 heteroatoms. The van der Waals surface area contributed by atoms with E-state index in [4.69, 9.17) is 17.3 Å². The van der Waals surface area contributed by atoms with E-state index in [9.17, 15) is 8.42 Å². The Morgan fingerprint density at radius 1 is 1.47 bits per heavy atom. The minimum Gasteiger partial charge on any atom is -0.394 e. The Kier molecular flexibility index (Phi) is 3.50. The molecule has 2 rings (SSSR count). The minimum atomic E-state index is -3.70. The number of sulfonamides is 1. The van der Waals surface area contributed by atoms with Crippen molar-refractivity contribution in [3.05, 3.63) is 21.7 Å². The van der Waals surface area contributed by atoms with Crippen LogP contribution in [0.1, 0.15) is 11.3 Å². The Morgan fingerprint density at radius 3 is 2.53 bits per heavy atom. The summed E-state index contributed by atoms with van der Waals surface area (Å²) in [5.74, 6) is 0.250. The van der Waals surface area contributed by atoms with E-state index in [1.807, 2.05) is 0 Å². The Labute approximate surface area is 120 Å². The first-order valence-corrected chi connectivity index (χ1v) is 7.98. The van der Waals surface area contributed by atoms with Crippen LogP contribution in [-0.4, -0.2) is 18.2 Å². The lowest BCUT2D eigenvalue weighted by molar-refractivity contribution is 0.602. The zero-order valence-electron chi connectivity index (χ0n) is 10.6. The van der Waals surface area contributed by atoms with E-state index in [1.54, 1.807) is 20.9 Å². The Bertz CT molecular complexity index is 714. The van der Waals surface area contributed by atoms with E-state index in [-0.39, 0.29) is 10.0 Å². The second-order valence-electron chi connectivity index (χ2n) is 4.10. The topological polar surface area (TPSA) is 90.0 Å². The number of nitrogens with two attached hydrogens (primary N) is 1. The fourth-order valence-electron chi connectivity index (χ4n) is 1.54. The van der Waals surface area contributed by atoms with Crippen LogP contribution in [0.2, 0.25) is 4.34 Å². The molecule has 0 fully saturated rings. The van der Waals surface area contributed by atoms with Crippen LogP contribution in [-0.2, 0) is 17.1 Å². The van der Waals surface area contributed by atoms with Gasteiger partial charge in [-0.3, -0.25) is 4.72 Å². The van der Waals surface area contributed by atoms with E-state index in [2.05, 4.69) is 9.82 Å². The molecule has 19 heavy (non-hydrogen) atoms. The Hall–Kier alpha value is -1.25. The number of hydrogen-bond acceptors (Lipinski definition) is 5. The van der Waals surface area contributed by atoms with Crippen LogP contribution in [0.4, 0.5) is 11.5 Å². The highest BCUT2D eigenvalue weighted by Gasteiger charge is 2.22. The molecule has 3 N–H and O–H groups in total. The molecule has 2 heterocycles. The summed E-state index contributed by atoms with van der Waals surface area (Å²) in [5, 5.41) is 4.05. The third kappa shape index (κ3) is 2.56. The molecule has 0 saturated heterocycles. The van der Waals surface area contributed by atoms with Gasteiger partial charge in [-0.1, -0.05) is 11.6 Å². The summed E-state index contributed by atoms with van der Waals surface area (Å²) < 4.78 is 28.9. The fourth-order valence-corrected chi connectivity index (χ4v) is 4.35. The average molecular weight is 321 g/mol. The summed E-state index contributed by atoms with van der Waals surface area (Å²) in [6.45, 7) is 3.46. The van der Waals surface area contributed by atoms with Gasteiger partial charge in [-0.2, -0.15) is 5.10 Å². The summed E-state index contributed by atoms with van der Waals surface area (Å²) in [5.41, 5.74) is 7.39. The van der Waals surface area contributed by atoms with Gasteiger partial charge in [-0.15, -0.1) is 11.3 Å². The number of anilines is 2. The van der Waals surface area contributed by atoms with Gasteiger partial charge in [0.05, 0.1) is 15.7 Å². The molecule has 0 unspecified atom stereocenters. The summed E-state index contributed by atoms with van der Waals surface area (Å²) in [6, 6.07) is 1.52. The molecule has 2 aromatic heterocycles. The molecule has 2 aromatic rings. The molecule has 0 saturated carbocycles. The van der Waals surface area contributed by atoms with Crippen molar-refractivity contribution >= 4 is 44.5 Å². The first-order chi connectivity index (χ1) is 8.72. The number of rotatable bonds is 3. The lowest BCUT2D eigenvalue weighted by Gasteiger charge is -2.07. The van der Waals surface area contributed by atoms with E-state index in [1.165, 1.54) is 10.7 Å². The van der Waals surface area contributed by atoms with Crippen molar-refractivity contribution in [3.8, 4) is 0 Å². The molecule has 0 bridgehead atoms. The molecular weight excluding hydrogens is 308 g/mol. The molecular formula is C10H13ClN4O2S2. The van der Waals surface area contributed by atoms with Crippen molar-refractivity contribution in [1.82, 2.24) is 9.78 Å². The predicted octanol–water partition coefficient (Wildman–Crippen LogP) is 2.13. The Morgan fingerprint density at radius 2 is 2.11 bits per heavy atom. The predicted molar refractivity (Wildman–Crippen MR) is 77.2 cm³/mol. The maximum atomic E-state index is 12.2. The smallest absolute Gasteiger partial charge is 0.272 e. The van der Waals surface area contributed by atoms with Crippen LogP contribution < -0.4 is 10.5 Å². The van der Waals surface area contributed by atoms with Crippen molar-refractivity contribution in [2.45, 2.75) is 18.1 Å². The number of aryl methyl sites for hydroxylation is 3. The lowest BCUT2D eigenvalue weighted by atomic mass is 10.4. The summed E-state index contributed by atoms with van der Waals surface area (Å²) >= 11 is 6.89. The molecule has 0 aromatic carbocycles. The van der Waals surface area contributed by atoms with E-state index in [0.717, 1.165) is 16.9 Å². The van der Waals surface area contributed by atoms with E-state index < -0.39 is 10.0 Å². The van der Waals surface area contributed by atoms with Crippen molar-refractivity contribution in [2.75, 3.05) is 10.5 Å². The second-order valence-corrected chi connectivity index (χ2v) is 7.66. The van der Waals surface area contributed by atoms with Gasteiger partial charge in [0.25, 0.3) is 10.0 Å². The van der Waals surface area contributed by atoms with Crippen molar-refractivity contribution < 1.29 is 8.42 Å². The molecule has 0 amide bonds. The van der Waals surface area contributed by atoms with Crippen molar-refractivity contribution in [3.63, 3.8) is 0 Å². The van der Waals surface area contributed by atoms with Crippen LogP contribution in [0.5, 0.6) is 0 Å². The van der Waals surface area contributed by atoms with Gasteiger partial charge in [0.2, 0.25) is 0 Å². The van der Waals surface area contributed by atoms with Crippen LogP contribution in [0.15, 0.2) is 10.3 Å². The molecule has 0 spiro atoms. The Balaban J connectivity index is 2.42.